The molecule has 2 aromatic carbocycles. The van der Waals surface area contributed by atoms with Gasteiger partial charge in [-0.25, -0.2) is 13.6 Å². The maximum absolute atomic E-state index is 13.9. The van der Waals surface area contributed by atoms with Crippen molar-refractivity contribution < 1.29 is 28.0 Å². The monoisotopic (exact) mass is 569 g/mol. The number of nitrogens with zero attached hydrogens (tertiary/aromatic N) is 2. The first-order valence-corrected chi connectivity index (χ1v) is 13.7. The highest BCUT2D eigenvalue weighted by Gasteiger charge is 2.41. The van der Waals surface area contributed by atoms with Gasteiger partial charge >= 0.3 is 6.03 Å². The van der Waals surface area contributed by atoms with Gasteiger partial charge in [0, 0.05) is 30.8 Å². The topological polar surface area (TPSA) is 111 Å². The predicted molar refractivity (Wildman–Crippen MR) is 150 cm³/mol. The molecule has 1 aliphatic heterocycles. The van der Waals surface area contributed by atoms with E-state index >= 15 is 0 Å². The van der Waals surface area contributed by atoms with Crippen LogP contribution in [0.1, 0.15) is 43.4 Å². The van der Waals surface area contributed by atoms with Crippen LogP contribution in [0.2, 0.25) is 0 Å². The summed E-state index contributed by atoms with van der Waals surface area (Å²) in [4.78, 5) is 54.8. The number of hydrogen-bond acceptors (Lipinski definition) is 5. The van der Waals surface area contributed by atoms with Crippen molar-refractivity contribution in [2.45, 2.75) is 46.1 Å². The lowest BCUT2D eigenvalue weighted by Crippen LogP contribution is -2.49. The molecule has 220 valence electrons. The quantitative estimate of drug-likeness (QED) is 0.474. The Hall–Kier alpha value is -3.86. The van der Waals surface area contributed by atoms with E-state index in [0.717, 1.165) is 42.4 Å². The van der Waals surface area contributed by atoms with E-state index in [1.54, 1.807) is 19.1 Å². The third-order valence-corrected chi connectivity index (χ3v) is 8.18. The summed E-state index contributed by atoms with van der Waals surface area (Å²) in [5.74, 6) is -2.58. The lowest BCUT2D eigenvalue weighted by Gasteiger charge is -2.39. The highest BCUT2D eigenvalue weighted by Crippen LogP contribution is 2.38. The van der Waals surface area contributed by atoms with E-state index in [9.17, 15) is 28.0 Å². The summed E-state index contributed by atoms with van der Waals surface area (Å²) >= 11 is 0. The van der Waals surface area contributed by atoms with Crippen LogP contribution in [-0.4, -0.2) is 67.3 Å². The minimum Gasteiger partial charge on any atom is -0.341 e. The normalized spacial score (nSPS) is 19.7. The lowest BCUT2D eigenvalue weighted by molar-refractivity contribution is -0.146. The number of likely N-dealkylation sites (tertiary alicyclic amines) is 1. The van der Waals surface area contributed by atoms with Crippen molar-refractivity contribution in [3.8, 4) is 0 Å². The van der Waals surface area contributed by atoms with Crippen LogP contribution in [0.25, 0.3) is 0 Å². The van der Waals surface area contributed by atoms with Gasteiger partial charge in [0.1, 0.15) is 18.2 Å². The molecule has 4 rings (SSSR count). The smallest absolute Gasteiger partial charge is 0.321 e. The Labute approximate surface area is 238 Å². The summed E-state index contributed by atoms with van der Waals surface area (Å²) in [6, 6.07) is 7.87. The highest BCUT2D eigenvalue weighted by atomic mass is 19.1. The molecule has 3 N–H and O–H groups in total. The number of piperidine rings is 1. The number of nitrogens with one attached hydrogen (secondary N) is 3. The number of carbonyl (C=O) groups is 4. The van der Waals surface area contributed by atoms with E-state index in [1.165, 1.54) is 11.9 Å². The summed E-state index contributed by atoms with van der Waals surface area (Å²) in [5.41, 5.74) is 1.06. The van der Waals surface area contributed by atoms with Crippen LogP contribution in [0, 0.1) is 22.5 Å². The molecule has 2 aromatic rings. The van der Waals surface area contributed by atoms with Gasteiger partial charge < -0.3 is 20.4 Å². The van der Waals surface area contributed by atoms with Gasteiger partial charge in [-0.05, 0) is 86.8 Å². The van der Waals surface area contributed by atoms with Gasteiger partial charge in [0.25, 0.3) is 0 Å². The molecule has 11 heteroatoms. The molecule has 1 unspecified atom stereocenters. The highest BCUT2D eigenvalue weighted by molar-refractivity contribution is 5.98. The first-order chi connectivity index (χ1) is 19.3. The molecule has 1 atom stereocenters. The third kappa shape index (κ3) is 7.08. The van der Waals surface area contributed by atoms with Gasteiger partial charge in [-0.1, -0.05) is 19.9 Å². The maximum atomic E-state index is 13.9. The zero-order valence-electron chi connectivity index (χ0n) is 23.9. The molecule has 0 aromatic heterocycles. The van der Waals surface area contributed by atoms with Crippen molar-refractivity contribution in [3.63, 3.8) is 0 Å². The second-order valence-corrected chi connectivity index (χ2v) is 11.8. The van der Waals surface area contributed by atoms with Crippen LogP contribution >= 0.6 is 0 Å². The fourth-order valence-electron chi connectivity index (χ4n) is 5.62. The van der Waals surface area contributed by atoms with E-state index < -0.39 is 34.4 Å². The number of halogens is 2. The third-order valence-electron chi connectivity index (χ3n) is 8.18. The molecule has 1 saturated heterocycles. The molecule has 1 aliphatic carbocycles. The van der Waals surface area contributed by atoms with Crippen LogP contribution in [0.15, 0.2) is 36.4 Å². The van der Waals surface area contributed by atoms with Gasteiger partial charge in [0.15, 0.2) is 0 Å². The molecule has 5 amide bonds. The summed E-state index contributed by atoms with van der Waals surface area (Å²) in [6.45, 7) is 4.70. The molecular weight excluding hydrogens is 532 g/mol. The summed E-state index contributed by atoms with van der Waals surface area (Å²) in [6.07, 6.45) is 2.04. The number of carbonyl (C=O) groups excluding carboxylic acids is 4. The van der Waals surface area contributed by atoms with E-state index in [4.69, 9.17) is 0 Å². The predicted octanol–water partition coefficient (Wildman–Crippen LogP) is 3.22. The van der Waals surface area contributed by atoms with E-state index in [0.29, 0.717) is 31.4 Å². The number of fused-ring (bicyclic) bond motifs is 1. The van der Waals surface area contributed by atoms with Crippen molar-refractivity contribution in [3.05, 3.63) is 64.7 Å². The first kappa shape index (κ1) is 30.1. The Morgan fingerprint density at radius 1 is 0.927 bits per heavy atom. The van der Waals surface area contributed by atoms with E-state index in [2.05, 4.69) is 20.9 Å². The van der Waals surface area contributed by atoms with Crippen molar-refractivity contribution in [1.29, 1.82) is 0 Å². The molecule has 0 bridgehead atoms. The molecular formula is C30H37F2N5O4. The Morgan fingerprint density at radius 3 is 2.20 bits per heavy atom. The molecule has 41 heavy (non-hydrogen) atoms. The first-order valence-electron chi connectivity index (χ1n) is 13.7. The average Bonchev–Trinajstić information content (AvgIpc) is 3.25. The number of anilines is 1. The summed E-state index contributed by atoms with van der Waals surface area (Å²) in [7, 11) is 3.42. The van der Waals surface area contributed by atoms with E-state index in [-0.39, 0.29) is 30.5 Å². The minimum absolute atomic E-state index is 0.116. The lowest BCUT2D eigenvalue weighted by atomic mass is 9.79. The molecule has 0 spiro atoms. The molecule has 1 fully saturated rings. The Balaban J connectivity index is 1.49. The van der Waals surface area contributed by atoms with Gasteiger partial charge in [-0.3, -0.25) is 19.7 Å². The number of urea groups is 1. The van der Waals surface area contributed by atoms with Crippen LogP contribution in [0.5, 0.6) is 0 Å². The van der Waals surface area contributed by atoms with Gasteiger partial charge in [0.05, 0.1) is 5.41 Å². The molecule has 2 aliphatic rings. The molecule has 0 saturated carbocycles. The fraction of sp³-hybridized carbons (Fsp3) is 0.467. The van der Waals surface area contributed by atoms with Gasteiger partial charge in [-0.15, -0.1) is 0 Å². The van der Waals surface area contributed by atoms with Crippen LogP contribution < -0.4 is 16.0 Å². The van der Waals surface area contributed by atoms with Crippen molar-refractivity contribution >= 4 is 29.4 Å². The van der Waals surface area contributed by atoms with Crippen LogP contribution in [0.4, 0.5) is 19.3 Å². The zero-order valence-corrected chi connectivity index (χ0v) is 23.9. The van der Waals surface area contributed by atoms with Gasteiger partial charge in [-0.2, -0.15) is 0 Å². The number of hydrogen-bond donors (Lipinski definition) is 3. The molecule has 0 radical (unpaired) electrons. The summed E-state index contributed by atoms with van der Waals surface area (Å²) in [5, 5.41) is 7.54. The van der Waals surface area contributed by atoms with Crippen molar-refractivity contribution in [2.24, 2.45) is 10.8 Å². The number of amides is 5. The molecule has 1 heterocycles. The number of imide groups is 1. The van der Waals surface area contributed by atoms with Crippen LogP contribution in [-0.2, 0) is 33.8 Å². The molecule has 9 nitrogen and oxygen atoms in total. The Bertz CT molecular complexity index is 1340. The Kier molecular flexibility index (Phi) is 8.77. The van der Waals surface area contributed by atoms with Crippen LogP contribution in [0.3, 0.4) is 0 Å². The SMILES string of the molecule is CNC(=O)NC(=O)C1(C)Cc2ccc(NC(=O)CN(Cc3cc(F)cc(F)c3)C(=O)C3(C)CCN(C)CC3)cc2C1. The van der Waals surface area contributed by atoms with Crippen molar-refractivity contribution in [2.75, 3.05) is 39.0 Å². The number of benzene rings is 2. The van der Waals surface area contributed by atoms with Gasteiger partial charge in [0.2, 0.25) is 17.7 Å². The zero-order chi connectivity index (χ0) is 29.9. The second-order valence-electron chi connectivity index (χ2n) is 11.8. The maximum Gasteiger partial charge on any atom is 0.321 e. The average molecular weight is 570 g/mol. The fourth-order valence-corrected chi connectivity index (χ4v) is 5.62. The Morgan fingerprint density at radius 2 is 1.56 bits per heavy atom. The standard InChI is InChI=1S/C30H37F2N5O4/c1-29(7-9-36(4)10-8-29)27(40)37(17-19-11-22(31)14-23(32)12-19)18-25(38)34-24-6-5-20-15-30(2,16-21(20)13-24)26(39)35-28(41)33-3/h5-6,11-14H,7-10,15-18H2,1-4H3,(H,34,38)(H2,33,35,39,41). The van der Waals surface area contributed by atoms with Crippen molar-refractivity contribution in [1.82, 2.24) is 20.4 Å². The van der Waals surface area contributed by atoms with E-state index in [1.807, 2.05) is 20.0 Å². The second kappa shape index (κ2) is 11.9. The largest absolute Gasteiger partial charge is 0.341 e. The minimum atomic E-state index is -0.815. The number of rotatable bonds is 7. The summed E-state index contributed by atoms with van der Waals surface area (Å²) < 4.78 is 27.8.